The minimum absolute atomic E-state index is 0. The van der Waals surface area contributed by atoms with Crippen molar-refractivity contribution in [3.05, 3.63) is 29.8 Å². The number of nitrogens with two attached hydrogens (primary N) is 1. The molecule has 1 atom stereocenters. The molecule has 0 aliphatic carbocycles. The second-order valence-electron chi connectivity index (χ2n) is 5.86. The fourth-order valence-electron chi connectivity index (χ4n) is 2.04. The Morgan fingerprint density at radius 1 is 1.29 bits per heavy atom. The highest BCUT2D eigenvalue weighted by Gasteiger charge is 2.18. The Morgan fingerprint density at radius 3 is 2.50 bits per heavy atom. The molecule has 1 aromatic carbocycles. The van der Waals surface area contributed by atoms with E-state index in [1.807, 2.05) is 38.1 Å². The Hall–Kier alpha value is -1.79. The predicted octanol–water partition coefficient (Wildman–Crippen LogP) is 1.22. The van der Waals surface area contributed by atoms with Crippen molar-refractivity contribution < 1.29 is 14.3 Å². The van der Waals surface area contributed by atoms with Gasteiger partial charge in [-0.3, -0.25) is 9.59 Å². The molecule has 0 aliphatic heterocycles. The second kappa shape index (κ2) is 10.9. The third-order valence-corrected chi connectivity index (χ3v) is 3.77. The molecule has 0 saturated carbocycles. The summed E-state index contributed by atoms with van der Waals surface area (Å²) in [5, 5.41) is 2.59. The number of carbonyl (C=O) groups is 2. The average Bonchev–Trinajstić information content (AvgIpc) is 2.56. The number of methoxy groups -OCH3 is 1. The zero-order valence-corrected chi connectivity index (χ0v) is 15.6. The largest absolute Gasteiger partial charge is 0.496 e. The number of halogens is 1. The van der Waals surface area contributed by atoms with Crippen molar-refractivity contribution in [2.75, 3.05) is 27.2 Å². The van der Waals surface area contributed by atoms with E-state index in [0.717, 1.165) is 11.3 Å². The Balaban J connectivity index is 0.00000529. The van der Waals surface area contributed by atoms with E-state index < -0.39 is 6.04 Å². The van der Waals surface area contributed by atoms with Gasteiger partial charge in [-0.15, -0.1) is 12.4 Å². The Kier molecular flexibility index (Phi) is 10.1. The fourth-order valence-corrected chi connectivity index (χ4v) is 2.04. The lowest BCUT2D eigenvalue weighted by Gasteiger charge is -2.20. The van der Waals surface area contributed by atoms with Crippen LogP contribution in [0.25, 0.3) is 0 Å². The summed E-state index contributed by atoms with van der Waals surface area (Å²) in [6, 6.07) is 7.12. The van der Waals surface area contributed by atoms with E-state index in [4.69, 9.17) is 10.5 Å². The van der Waals surface area contributed by atoms with E-state index >= 15 is 0 Å². The zero-order chi connectivity index (χ0) is 17.4. The molecular weight excluding hydrogens is 330 g/mol. The summed E-state index contributed by atoms with van der Waals surface area (Å²) >= 11 is 0. The molecule has 1 rings (SSSR count). The highest BCUT2D eigenvalue weighted by Crippen LogP contribution is 2.17. The van der Waals surface area contributed by atoms with Crippen LogP contribution in [-0.4, -0.2) is 50.0 Å². The summed E-state index contributed by atoms with van der Waals surface area (Å²) in [7, 11) is 3.34. The molecule has 2 amide bonds. The molecule has 7 heteroatoms. The van der Waals surface area contributed by atoms with Gasteiger partial charge >= 0.3 is 0 Å². The van der Waals surface area contributed by atoms with Crippen LogP contribution in [0.15, 0.2) is 24.3 Å². The quantitative estimate of drug-likeness (QED) is 0.732. The maximum atomic E-state index is 12.1. The number of hydrogen-bond donors (Lipinski definition) is 2. The number of nitrogens with one attached hydrogen (secondary N) is 1. The van der Waals surface area contributed by atoms with Crippen LogP contribution in [0.3, 0.4) is 0 Å². The van der Waals surface area contributed by atoms with Crippen molar-refractivity contribution in [2.45, 2.75) is 26.3 Å². The van der Waals surface area contributed by atoms with Crippen LogP contribution in [0, 0.1) is 5.92 Å². The number of para-hydroxylation sites is 1. The van der Waals surface area contributed by atoms with E-state index in [-0.39, 0.29) is 36.7 Å². The van der Waals surface area contributed by atoms with Gasteiger partial charge in [-0.1, -0.05) is 32.0 Å². The van der Waals surface area contributed by atoms with Crippen LogP contribution in [0.5, 0.6) is 5.75 Å². The van der Waals surface area contributed by atoms with Crippen molar-refractivity contribution in [2.24, 2.45) is 11.7 Å². The third kappa shape index (κ3) is 6.76. The summed E-state index contributed by atoms with van der Waals surface area (Å²) in [4.78, 5) is 25.4. The lowest BCUT2D eigenvalue weighted by molar-refractivity contribution is -0.132. The van der Waals surface area contributed by atoms with Gasteiger partial charge in [-0.2, -0.15) is 0 Å². The number of ether oxygens (including phenoxy) is 1. The SMILES string of the molecule is COc1ccccc1CCN(C)C(=O)CNC(=O)[C@@H](N)C(C)C.Cl. The fraction of sp³-hybridized carbons (Fsp3) is 0.529. The smallest absolute Gasteiger partial charge is 0.241 e. The van der Waals surface area contributed by atoms with Crippen LogP contribution in [-0.2, 0) is 16.0 Å². The Bertz CT molecular complexity index is 538. The zero-order valence-electron chi connectivity index (χ0n) is 14.7. The summed E-state index contributed by atoms with van der Waals surface area (Å²) in [5.74, 6) is 0.397. The Morgan fingerprint density at radius 2 is 1.92 bits per heavy atom. The summed E-state index contributed by atoms with van der Waals surface area (Å²) < 4.78 is 5.29. The first-order valence-electron chi connectivity index (χ1n) is 7.76. The number of amides is 2. The van der Waals surface area contributed by atoms with Gasteiger partial charge < -0.3 is 20.7 Å². The standard InChI is InChI=1S/C17H27N3O3.ClH/c1-12(2)16(18)17(22)19-11-15(21)20(3)10-9-13-7-5-6-8-14(13)23-4;/h5-8,12,16H,9-11,18H2,1-4H3,(H,19,22);1H/t16-;/m0./s1. The molecule has 0 fully saturated rings. The van der Waals surface area contributed by atoms with Crippen molar-refractivity contribution in [1.82, 2.24) is 10.2 Å². The highest BCUT2D eigenvalue weighted by atomic mass is 35.5. The topological polar surface area (TPSA) is 84.7 Å². The average molecular weight is 358 g/mol. The molecular formula is C17H28ClN3O3. The van der Waals surface area contributed by atoms with Crippen molar-refractivity contribution >= 4 is 24.2 Å². The van der Waals surface area contributed by atoms with E-state index in [9.17, 15) is 9.59 Å². The number of carbonyl (C=O) groups excluding carboxylic acids is 2. The summed E-state index contributed by atoms with van der Waals surface area (Å²) in [6.45, 7) is 4.24. The third-order valence-electron chi connectivity index (χ3n) is 3.77. The molecule has 136 valence electrons. The number of hydrogen-bond acceptors (Lipinski definition) is 4. The molecule has 1 aromatic rings. The molecule has 0 spiro atoms. The maximum absolute atomic E-state index is 12.1. The summed E-state index contributed by atoms with van der Waals surface area (Å²) in [5.41, 5.74) is 6.78. The van der Waals surface area contributed by atoms with Gasteiger partial charge in [0.15, 0.2) is 0 Å². The van der Waals surface area contributed by atoms with Crippen LogP contribution in [0.2, 0.25) is 0 Å². The molecule has 0 unspecified atom stereocenters. The summed E-state index contributed by atoms with van der Waals surface area (Å²) in [6.07, 6.45) is 0.686. The highest BCUT2D eigenvalue weighted by molar-refractivity contribution is 5.87. The lowest BCUT2D eigenvalue weighted by atomic mass is 10.1. The van der Waals surface area contributed by atoms with Crippen LogP contribution >= 0.6 is 12.4 Å². The first-order valence-corrected chi connectivity index (χ1v) is 7.76. The molecule has 0 heterocycles. The first-order chi connectivity index (χ1) is 10.9. The molecule has 0 aromatic heterocycles. The maximum Gasteiger partial charge on any atom is 0.241 e. The van der Waals surface area contributed by atoms with E-state index in [2.05, 4.69) is 5.32 Å². The molecule has 24 heavy (non-hydrogen) atoms. The monoisotopic (exact) mass is 357 g/mol. The van der Waals surface area contributed by atoms with E-state index in [1.165, 1.54) is 0 Å². The number of nitrogens with zero attached hydrogens (tertiary/aromatic N) is 1. The normalized spacial score (nSPS) is 11.4. The van der Waals surface area contributed by atoms with Crippen molar-refractivity contribution in [3.8, 4) is 5.75 Å². The molecule has 3 N–H and O–H groups in total. The van der Waals surface area contributed by atoms with Gasteiger partial charge in [-0.25, -0.2) is 0 Å². The van der Waals surface area contributed by atoms with Crippen LogP contribution in [0.4, 0.5) is 0 Å². The molecule has 0 radical (unpaired) electrons. The van der Waals surface area contributed by atoms with Gasteiger partial charge in [-0.05, 0) is 24.0 Å². The number of rotatable bonds is 8. The van der Waals surface area contributed by atoms with E-state index in [0.29, 0.717) is 13.0 Å². The predicted molar refractivity (Wildman–Crippen MR) is 97.4 cm³/mol. The van der Waals surface area contributed by atoms with Gasteiger partial charge in [0, 0.05) is 13.6 Å². The van der Waals surface area contributed by atoms with Gasteiger partial charge in [0.25, 0.3) is 0 Å². The minimum Gasteiger partial charge on any atom is -0.496 e. The molecule has 0 bridgehead atoms. The number of likely N-dealkylation sites (N-methyl/N-ethyl adjacent to an activating group) is 1. The minimum atomic E-state index is -0.596. The Labute approximate surface area is 150 Å². The lowest BCUT2D eigenvalue weighted by Crippen LogP contribution is -2.47. The van der Waals surface area contributed by atoms with Crippen LogP contribution < -0.4 is 15.8 Å². The van der Waals surface area contributed by atoms with Crippen molar-refractivity contribution in [1.29, 1.82) is 0 Å². The molecule has 0 saturated heterocycles. The van der Waals surface area contributed by atoms with Gasteiger partial charge in [0.1, 0.15) is 5.75 Å². The number of benzene rings is 1. The second-order valence-corrected chi connectivity index (χ2v) is 5.86. The van der Waals surface area contributed by atoms with Crippen molar-refractivity contribution in [3.63, 3.8) is 0 Å². The molecule has 6 nitrogen and oxygen atoms in total. The first kappa shape index (κ1) is 22.2. The van der Waals surface area contributed by atoms with Gasteiger partial charge in [0.05, 0.1) is 19.7 Å². The molecule has 0 aliphatic rings. The van der Waals surface area contributed by atoms with E-state index in [1.54, 1.807) is 19.1 Å². The van der Waals surface area contributed by atoms with Crippen LogP contribution in [0.1, 0.15) is 19.4 Å². The van der Waals surface area contributed by atoms with Gasteiger partial charge in [0.2, 0.25) is 11.8 Å².